The number of halogens is 2. The van der Waals surface area contributed by atoms with Crippen molar-refractivity contribution < 1.29 is 18.4 Å². The number of hydrogen-bond donors (Lipinski definition) is 1. The minimum atomic E-state index is -0.674. The van der Waals surface area contributed by atoms with Gasteiger partial charge in [0.05, 0.1) is 12.1 Å². The van der Waals surface area contributed by atoms with E-state index in [1.165, 1.54) is 25.7 Å². The van der Waals surface area contributed by atoms with Gasteiger partial charge in [0.25, 0.3) is 0 Å². The lowest BCUT2D eigenvalue weighted by Crippen LogP contribution is -2.45. The van der Waals surface area contributed by atoms with E-state index in [-0.39, 0.29) is 29.2 Å². The van der Waals surface area contributed by atoms with Crippen LogP contribution in [0.1, 0.15) is 61.7 Å². The maximum absolute atomic E-state index is 13.8. The third-order valence-electron chi connectivity index (χ3n) is 5.74. The summed E-state index contributed by atoms with van der Waals surface area (Å²) >= 11 is 0. The van der Waals surface area contributed by atoms with Crippen molar-refractivity contribution in [2.45, 2.75) is 57.4 Å². The molecule has 1 saturated carbocycles. The Morgan fingerprint density at radius 2 is 1.67 bits per heavy atom. The van der Waals surface area contributed by atoms with Crippen LogP contribution in [-0.2, 0) is 4.79 Å². The quantitative estimate of drug-likeness (QED) is 0.628. The van der Waals surface area contributed by atoms with Crippen LogP contribution in [-0.4, -0.2) is 42.3 Å². The summed E-state index contributed by atoms with van der Waals surface area (Å²) in [7, 11) is 0. The minimum Gasteiger partial charge on any atom is -0.352 e. The van der Waals surface area contributed by atoms with E-state index >= 15 is 0 Å². The van der Waals surface area contributed by atoms with E-state index in [0.29, 0.717) is 32.5 Å². The topological polar surface area (TPSA) is 49.4 Å². The zero-order valence-electron chi connectivity index (χ0n) is 15.7. The molecule has 0 spiro atoms. The van der Waals surface area contributed by atoms with E-state index in [9.17, 15) is 18.4 Å². The highest BCUT2D eigenvalue weighted by atomic mass is 19.1. The zero-order valence-corrected chi connectivity index (χ0v) is 15.7. The fraction of sp³-hybridized carbons (Fsp3) is 0.619. The Morgan fingerprint density at radius 1 is 1.00 bits per heavy atom. The molecule has 0 bridgehead atoms. The van der Waals surface area contributed by atoms with Crippen molar-refractivity contribution in [3.8, 4) is 0 Å². The van der Waals surface area contributed by atoms with E-state index in [1.807, 2.05) is 4.90 Å². The van der Waals surface area contributed by atoms with Gasteiger partial charge in [-0.25, -0.2) is 8.78 Å². The second-order valence-electron chi connectivity index (χ2n) is 7.79. The van der Waals surface area contributed by atoms with Crippen molar-refractivity contribution in [2.24, 2.45) is 5.92 Å². The highest BCUT2D eigenvalue weighted by Crippen LogP contribution is 2.24. The monoisotopic (exact) mass is 378 g/mol. The number of amides is 1. The molecular weight excluding hydrogens is 350 g/mol. The largest absolute Gasteiger partial charge is 0.352 e. The first-order valence-corrected chi connectivity index (χ1v) is 10.0. The van der Waals surface area contributed by atoms with Gasteiger partial charge in [-0.1, -0.05) is 25.7 Å². The van der Waals surface area contributed by atoms with Crippen LogP contribution in [0.3, 0.4) is 0 Å². The van der Waals surface area contributed by atoms with Gasteiger partial charge in [-0.2, -0.15) is 0 Å². The Balaban J connectivity index is 1.46. The molecule has 0 aromatic heterocycles. The molecule has 4 nitrogen and oxygen atoms in total. The third-order valence-corrected chi connectivity index (χ3v) is 5.74. The number of nitrogens with one attached hydrogen (secondary N) is 1. The molecule has 0 atom stereocenters. The second-order valence-corrected chi connectivity index (χ2v) is 7.79. The molecule has 1 aliphatic carbocycles. The molecule has 148 valence electrons. The lowest BCUT2D eigenvalue weighted by molar-refractivity contribution is -0.123. The number of hydrogen-bond acceptors (Lipinski definition) is 3. The van der Waals surface area contributed by atoms with Crippen molar-refractivity contribution >= 4 is 11.7 Å². The first kappa shape index (κ1) is 19.9. The summed E-state index contributed by atoms with van der Waals surface area (Å²) in [6, 6.07) is 3.27. The molecule has 1 aliphatic heterocycles. The van der Waals surface area contributed by atoms with Crippen LogP contribution >= 0.6 is 0 Å². The van der Waals surface area contributed by atoms with E-state index in [1.54, 1.807) is 0 Å². The number of carbonyl (C=O) groups excluding carboxylic acids is 2. The number of piperidine rings is 1. The van der Waals surface area contributed by atoms with Gasteiger partial charge in [-0.05, 0) is 57.0 Å². The lowest BCUT2D eigenvalue weighted by Gasteiger charge is -2.31. The molecule has 1 heterocycles. The molecule has 27 heavy (non-hydrogen) atoms. The molecule has 2 fully saturated rings. The molecule has 1 aromatic rings. The van der Waals surface area contributed by atoms with Gasteiger partial charge in [0.2, 0.25) is 5.91 Å². The van der Waals surface area contributed by atoms with Crippen LogP contribution in [0, 0.1) is 17.6 Å². The maximum atomic E-state index is 13.8. The fourth-order valence-electron chi connectivity index (χ4n) is 4.16. The Morgan fingerprint density at radius 3 is 2.33 bits per heavy atom. The number of nitrogens with zero attached hydrogens (tertiary/aromatic N) is 1. The predicted molar refractivity (Wildman–Crippen MR) is 99.5 cm³/mol. The summed E-state index contributed by atoms with van der Waals surface area (Å²) < 4.78 is 27.2. The van der Waals surface area contributed by atoms with Crippen molar-refractivity contribution in [1.82, 2.24) is 10.2 Å². The van der Waals surface area contributed by atoms with E-state index in [0.717, 1.165) is 31.0 Å². The standard InChI is InChI=1S/C21H28F2N2O2/c22-16-7-8-19(23)18(13-16)21(27)15-9-11-25(12-10-15)14-20(26)24-17-5-3-1-2-4-6-17/h7-8,13,15,17H,1-6,9-12,14H2,(H,24,26). The Labute approximate surface area is 159 Å². The molecular formula is C21H28F2N2O2. The van der Waals surface area contributed by atoms with Crippen molar-refractivity contribution in [2.75, 3.05) is 19.6 Å². The Hall–Kier alpha value is -1.82. The molecule has 3 rings (SSSR count). The van der Waals surface area contributed by atoms with E-state index < -0.39 is 11.6 Å². The summed E-state index contributed by atoms with van der Waals surface area (Å²) in [5, 5.41) is 3.14. The van der Waals surface area contributed by atoms with Gasteiger partial charge < -0.3 is 5.32 Å². The number of rotatable bonds is 5. The molecule has 1 aromatic carbocycles. The summed E-state index contributed by atoms with van der Waals surface area (Å²) in [6.07, 6.45) is 8.09. The average Bonchev–Trinajstić information content (AvgIpc) is 2.92. The number of Topliss-reactive ketones (excluding diaryl/α,β-unsaturated/α-hetero) is 1. The van der Waals surface area contributed by atoms with Crippen LogP contribution in [0.2, 0.25) is 0 Å². The van der Waals surface area contributed by atoms with Crippen molar-refractivity contribution in [3.63, 3.8) is 0 Å². The molecule has 0 unspecified atom stereocenters. The van der Waals surface area contributed by atoms with Crippen LogP contribution < -0.4 is 5.32 Å². The van der Waals surface area contributed by atoms with Gasteiger partial charge in [0, 0.05) is 12.0 Å². The zero-order chi connectivity index (χ0) is 19.2. The van der Waals surface area contributed by atoms with Gasteiger partial charge in [0.1, 0.15) is 11.6 Å². The number of likely N-dealkylation sites (tertiary alicyclic amines) is 1. The molecule has 2 aliphatic rings. The smallest absolute Gasteiger partial charge is 0.234 e. The first-order valence-electron chi connectivity index (χ1n) is 10.0. The summed E-state index contributed by atoms with van der Waals surface area (Å²) in [5.41, 5.74) is -0.167. The van der Waals surface area contributed by atoms with Gasteiger partial charge in [0.15, 0.2) is 5.78 Å². The second kappa shape index (κ2) is 9.40. The van der Waals surface area contributed by atoms with Crippen LogP contribution in [0.4, 0.5) is 8.78 Å². The fourth-order valence-corrected chi connectivity index (χ4v) is 4.16. The number of ketones is 1. The maximum Gasteiger partial charge on any atom is 0.234 e. The number of benzene rings is 1. The first-order chi connectivity index (χ1) is 13.0. The minimum absolute atomic E-state index is 0.0443. The third kappa shape index (κ3) is 5.58. The number of carbonyl (C=O) groups is 2. The lowest BCUT2D eigenvalue weighted by atomic mass is 9.88. The Kier molecular flexibility index (Phi) is 6.94. The van der Waals surface area contributed by atoms with Crippen molar-refractivity contribution in [3.05, 3.63) is 35.4 Å². The molecule has 1 amide bonds. The summed E-state index contributed by atoms with van der Waals surface area (Å²) in [6.45, 7) is 1.57. The molecule has 1 saturated heterocycles. The van der Waals surface area contributed by atoms with Gasteiger partial charge >= 0.3 is 0 Å². The van der Waals surface area contributed by atoms with Gasteiger partial charge in [-0.3, -0.25) is 14.5 Å². The van der Waals surface area contributed by atoms with Gasteiger partial charge in [-0.15, -0.1) is 0 Å². The summed E-state index contributed by atoms with van der Waals surface area (Å²) in [5.74, 6) is -1.89. The van der Waals surface area contributed by atoms with Crippen molar-refractivity contribution in [1.29, 1.82) is 0 Å². The highest BCUT2D eigenvalue weighted by molar-refractivity contribution is 5.98. The molecule has 0 radical (unpaired) electrons. The molecule has 6 heteroatoms. The van der Waals surface area contributed by atoms with Crippen LogP contribution in [0.25, 0.3) is 0 Å². The van der Waals surface area contributed by atoms with E-state index in [2.05, 4.69) is 5.32 Å². The predicted octanol–water partition coefficient (Wildman–Crippen LogP) is 3.70. The summed E-state index contributed by atoms with van der Waals surface area (Å²) in [4.78, 5) is 26.8. The van der Waals surface area contributed by atoms with Crippen LogP contribution in [0.15, 0.2) is 18.2 Å². The highest BCUT2D eigenvalue weighted by Gasteiger charge is 2.28. The normalized spacial score (nSPS) is 20.2. The molecule has 1 N–H and O–H groups in total. The van der Waals surface area contributed by atoms with E-state index in [4.69, 9.17) is 0 Å². The average molecular weight is 378 g/mol. The Bertz CT molecular complexity index is 664. The van der Waals surface area contributed by atoms with Crippen LogP contribution in [0.5, 0.6) is 0 Å². The SMILES string of the molecule is O=C(CN1CCC(C(=O)c2cc(F)ccc2F)CC1)NC1CCCCCC1.